The van der Waals surface area contributed by atoms with Gasteiger partial charge in [0.25, 0.3) is 9.05 Å². The van der Waals surface area contributed by atoms with Gasteiger partial charge in [-0.15, -0.1) is 0 Å². The Morgan fingerprint density at radius 1 is 1.33 bits per heavy atom. The van der Waals surface area contributed by atoms with E-state index in [0.29, 0.717) is 6.54 Å². The van der Waals surface area contributed by atoms with Gasteiger partial charge in [-0.05, 0) is 19.1 Å². The normalized spacial score (nSPS) is 11.6. The molecule has 0 saturated carbocycles. The first-order chi connectivity index (χ1) is 9.80. The molecule has 0 amide bonds. The average molecular weight is 337 g/mol. The van der Waals surface area contributed by atoms with Crippen LogP contribution in [-0.4, -0.2) is 24.6 Å². The van der Waals surface area contributed by atoms with E-state index in [4.69, 9.17) is 15.4 Å². The number of hydrogen-bond donors (Lipinski definition) is 0. The van der Waals surface area contributed by atoms with Crippen molar-refractivity contribution in [2.75, 3.05) is 6.61 Å². The van der Waals surface area contributed by atoms with Crippen LogP contribution in [0, 0.1) is 18.6 Å². The molecule has 0 radical (unpaired) electrons. The van der Waals surface area contributed by atoms with Crippen LogP contribution >= 0.6 is 10.7 Å². The van der Waals surface area contributed by atoms with E-state index in [0.717, 1.165) is 18.0 Å². The lowest BCUT2D eigenvalue weighted by Gasteiger charge is -2.10. The Kier molecular flexibility index (Phi) is 4.48. The summed E-state index contributed by atoms with van der Waals surface area (Å²) < 4.78 is 56.2. The Bertz CT molecular complexity index is 762. The summed E-state index contributed by atoms with van der Waals surface area (Å²) in [6.07, 6.45) is 3.33. The third kappa shape index (κ3) is 3.51. The fourth-order valence-electron chi connectivity index (χ4n) is 1.71. The second kappa shape index (κ2) is 5.98. The summed E-state index contributed by atoms with van der Waals surface area (Å²) >= 11 is 0. The highest BCUT2D eigenvalue weighted by Gasteiger charge is 2.22. The van der Waals surface area contributed by atoms with Crippen LogP contribution in [0.3, 0.4) is 0 Å². The second-order valence-electron chi connectivity index (χ2n) is 4.14. The van der Waals surface area contributed by atoms with Crippen molar-refractivity contribution in [1.82, 2.24) is 9.55 Å². The molecule has 0 unspecified atom stereocenters. The van der Waals surface area contributed by atoms with Gasteiger partial charge in [-0.3, -0.25) is 0 Å². The van der Waals surface area contributed by atoms with E-state index in [1.54, 1.807) is 23.9 Å². The molecule has 0 fully saturated rings. The highest BCUT2D eigenvalue weighted by molar-refractivity contribution is 8.13. The molecule has 1 aromatic carbocycles. The van der Waals surface area contributed by atoms with Gasteiger partial charge in [0.1, 0.15) is 17.3 Å². The molecule has 0 N–H and O–H groups in total. The number of hydrogen-bond acceptors (Lipinski definition) is 4. The van der Waals surface area contributed by atoms with Gasteiger partial charge in [-0.25, -0.2) is 17.8 Å². The van der Waals surface area contributed by atoms with Gasteiger partial charge in [0.2, 0.25) is 5.82 Å². The summed E-state index contributed by atoms with van der Waals surface area (Å²) in [7, 11) is 0.647. The first kappa shape index (κ1) is 15.7. The Hall–Kier alpha value is -1.67. The van der Waals surface area contributed by atoms with Gasteiger partial charge in [0, 0.05) is 23.1 Å². The van der Waals surface area contributed by atoms with E-state index < -0.39 is 25.6 Å². The van der Waals surface area contributed by atoms with Crippen LogP contribution in [0.25, 0.3) is 0 Å². The third-order valence-corrected chi connectivity index (χ3v) is 4.13. The summed E-state index contributed by atoms with van der Waals surface area (Å²) in [6.45, 7) is 2.25. The molecular weight excluding hydrogens is 326 g/mol. The minimum atomic E-state index is -4.35. The minimum Gasteiger partial charge on any atom is -0.489 e. The second-order valence-corrected chi connectivity index (χ2v) is 6.68. The number of benzene rings is 1. The number of halogens is 3. The molecule has 2 rings (SSSR count). The lowest BCUT2D eigenvalue weighted by molar-refractivity contribution is 0.277. The van der Waals surface area contributed by atoms with Gasteiger partial charge >= 0.3 is 0 Å². The molecule has 0 spiro atoms. The van der Waals surface area contributed by atoms with Crippen molar-refractivity contribution in [3.63, 3.8) is 0 Å². The van der Waals surface area contributed by atoms with E-state index in [1.165, 1.54) is 0 Å². The van der Waals surface area contributed by atoms with Gasteiger partial charge in [-0.1, -0.05) is 0 Å². The van der Waals surface area contributed by atoms with Crippen LogP contribution in [-0.2, 0) is 15.6 Å². The summed E-state index contributed by atoms with van der Waals surface area (Å²) in [5.41, 5.74) is 0. The molecule has 114 valence electrons. The fourth-order valence-corrected chi connectivity index (χ4v) is 2.60. The highest BCUT2D eigenvalue weighted by atomic mass is 35.7. The van der Waals surface area contributed by atoms with Crippen molar-refractivity contribution < 1.29 is 21.9 Å². The third-order valence-electron chi connectivity index (χ3n) is 2.79. The molecule has 0 bridgehead atoms. The first-order valence-corrected chi connectivity index (χ1v) is 8.15. The molecule has 0 aliphatic carbocycles. The zero-order chi connectivity index (χ0) is 15.6. The summed E-state index contributed by atoms with van der Waals surface area (Å²) in [5.74, 6) is -2.57. The monoisotopic (exact) mass is 336 g/mol. The van der Waals surface area contributed by atoms with Crippen LogP contribution in [0.2, 0.25) is 0 Å². The maximum Gasteiger partial charge on any atom is 0.264 e. The maximum absolute atomic E-state index is 13.7. The predicted octanol–water partition coefficient (Wildman–Crippen LogP) is 2.48. The van der Waals surface area contributed by atoms with Crippen LogP contribution in [0.15, 0.2) is 29.4 Å². The number of rotatable bonds is 5. The standard InChI is InChI=1S/C12H11ClF2N2O3S/c1-8-16-4-5-17(8)6-7-20-9-2-3-10(21(13,18)19)12(15)11(9)14/h2-5H,6-7H2,1H3. The zero-order valence-electron chi connectivity index (χ0n) is 10.9. The summed E-state index contributed by atoms with van der Waals surface area (Å²) in [5, 5.41) is 0. The molecule has 21 heavy (non-hydrogen) atoms. The Labute approximate surface area is 124 Å². The van der Waals surface area contributed by atoms with Crippen molar-refractivity contribution in [2.24, 2.45) is 0 Å². The molecule has 0 aliphatic rings. The lowest BCUT2D eigenvalue weighted by atomic mass is 10.3. The van der Waals surface area contributed by atoms with Gasteiger partial charge in [0.05, 0.1) is 6.54 Å². The van der Waals surface area contributed by atoms with Crippen LogP contribution < -0.4 is 4.74 Å². The van der Waals surface area contributed by atoms with E-state index in [9.17, 15) is 17.2 Å². The van der Waals surface area contributed by atoms with Crippen molar-refractivity contribution in [1.29, 1.82) is 0 Å². The highest BCUT2D eigenvalue weighted by Crippen LogP contribution is 2.27. The molecular formula is C12H11ClF2N2O3S. The molecule has 9 heteroatoms. The first-order valence-electron chi connectivity index (χ1n) is 5.84. The Morgan fingerprint density at radius 3 is 2.62 bits per heavy atom. The number of imidazole rings is 1. The van der Waals surface area contributed by atoms with E-state index in [-0.39, 0.29) is 12.4 Å². The number of nitrogens with zero attached hydrogens (tertiary/aromatic N) is 2. The van der Waals surface area contributed by atoms with Gasteiger partial charge in [-0.2, -0.15) is 4.39 Å². The number of ether oxygens (including phenoxy) is 1. The number of aryl methyl sites for hydroxylation is 1. The molecule has 0 saturated heterocycles. The SMILES string of the molecule is Cc1nccn1CCOc1ccc(S(=O)(=O)Cl)c(F)c1F. The summed E-state index contributed by atoms with van der Waals surface area (Å²) in [6, 6.07) is 1.88. The molecule has 2 aromatic rings. The van der Waals surface area contributed by atoms with Gasteiger partial charge in [0.15, 0.2) is 11.6 Å². The smallest absolute Gasteiger partial charge is 0.264 e. The zero-order valence-corrected chi connectivity index (χ0v) is 12.5. The average Bonchev–Trinajstić information content (AvgIpc) is 2.79. The lowest BCUT2D eigenvalue weighted by Crippen LogP contribution is -2.10. The minimum absolute atomic E-state index is 0.0700. The van der Waals surface area contributed by atoms with Crippen molar-refractivity contribution in [3.8, 4) is 5.75 Å². The maximum atomic E-state index is 13.7. The quantitative estimate of drug-likeness (QED) is 0.787. The molecule has 5 nitrogen and oxygen atoms in total. The van der Waals surface area contributed by atoms with E-state index in [1.807, 2.05) is 0 Å². The Morgan fingerprint density at radius 2 is 2.05 bits per heavy atom. The summed E-state index contributed by atoms with van der Waals surface area (Å²) in [4.78, 5) is 3.09. The number of aromatic nitrogens is 2. The van der Waals surface area contributed by atoms with Gasteiger partial charge < -0.3 is 9.30 Å². The van der Waals surface area contributed by atoms with Crippen LogP contribution in [0.1, 0.15) is 5.82 Å². The van der Waals surface area contributed by atoms with Crippen LogP contribution in [0.4, 0.5) is 8.78 Å². The van der Waals surface area contributed by atoms with Crippen LogP contribution in [0.5, 0.6) is 5.75 Å². The van der Waals surface area contributed by atoms with Crippen molar-refractivity contribution >= 4 is 19.7 Å². The van der Waals surface area contributed by atoms with E-state index >= 15 is 0 Å². The Balaban J connectivity index is 2.12. The topological polar surface area (TPSA) is 61.2 Å². The van der Waals surface area contributed by atoms with E-state index in [2.05, 4.69) is 4.98 Å². The fraction of sp³-hybridized carbons (Fsp3) is 0.250. The largest absolute Gasteiger partial charge is 0.489 e. The molecule has 0 atom stereocenters. The molecule has 0 aliphatic heterocycles. The molecule has 1 aromatic heterocycles. The van der Waals surface area contributed by atoms with Crippen molar-refractivity contribution in [2.45, 2.75) is 18.4 Å². The predicted molar refractivity (Wildman–Crippen MR) is 71.9 cm³/mol. The molecule has 1 heterocycles. The van der Waals surface area contributed by atoms with Crippen molar-refractivity contribution in [3.05, 3.63) is 42.0 Å².